The van der Waals surface area contributed by atoms with Crippen molar-refractivity contribution in [3.63, 3.8) is 0 Å². The molecule has 8 aromatic rings. The molecule has 0 aliphatic heterocycles. The number of nitrogens with one attached hydrogen (secondary N) is 2. The lowest BCUT2D eigenvalue weighted by molar-refractivity contribution is -0.117. The van der Waals surface area contributed by atoms with Gasteiger partial charge in [-0.3, -0.25) is 9.59 Å². The van der Waals surface area contributed by atoms with Gasteiger partial charge < -0.3 is 28.9 Å². The first kappa shape index (κ1) is 41.6. The van der Waals surface area contributed by atoms with Crippen LogP contribution in [-0.4, -0.2) is 54.2 Å². The SMILES string of the molecule is C=C(C=CC(=C(CC)OCCOc1cc(C(=O)NCc2cccc3ccccc23)ccc1-c1nn2c(C)ncc2o1)c1nn2c(C)ncc2o1)C(=O)NCc1ccc(Cl)c(Cl)c1. The van der Waals surface area contributed by atoms with E-state index in [0.29, 0.717) is 74.3 Å². The monoisotopic (exact) mass is 870 g/mol. The van der Waals surface area contributed by atoms with Crippen LogP contribution in [0.2, 0.25) is 10.0 Å². The smallest absolute Gasteiger partial charge is 0.251 e. The topological polar surface area (TPSA) is 163 Å². The molecule has 0 atom stereocenters. The molecule has 0 unspecified atom stereocenters. The average molecular weight is 872 g/mol. The molecule has 16 heteroatoms. The molecule has 0 saturated heterocycles. The summed E-state index contributed by atoms with van der Waals surface area (Å²) >= 11 is 12.2. The summed E-state index contributed by atoms with van der Waals surface area (Å²) in [7, 11) is 0. The maximum atomic E-state index is 13.6. The Morgan fingerprint density at radius 2 is 1.58 bits per heavy atom. The zero-order valence-corrected chi connectivity index (χ0v) is 35.5. The first-order valence-corrected chi connectivity index (χ1v) is 20.4. The van der Waals surface area contributed by atoms with Crippen molar-refractivity contribution in [1.82, 2.24) is 39.8 Å². The normalized spacial score (nSPS) is 12.0. The van der Waals surface area contributed by atoms with E-state index in [2.05, 4.69) is 37.4 Å². The maximum absolute atomic E-state index is 13.6. The molecule has 2 amide bonds. The predicted octanol–water partition coefficient (Wildman–Crippen LogP) is 9.28. The Hall–Kier alpha value is -7.16. The van der Waals surface area contributed by atoms with Crippen LogP contribution in [0, 0.1) is 13.8 Å². The van der Waals surface area contributed by atoms with Crippen LogP contribution in [0.25, 0.3) is 39.2 Å². The quantitative estimate of drug-likeness (QED) is 0.0414. The molecule has 8 rings (SSSR count). The zero-order valence-electron chi connectivity index (χ0n) is 33.9. The van der Waals surface area contributed by atoms with Gasteiger partial charge in [-0.2, -0.15) is 9.03 Å². The molecule has 0 aliphatic rings. The Bertz CT molecular complexity index is 3040. The highest BCUT2D eigenvalue weighted by Crippen LogP contribution is 2.32. The summed E-state index contributed by atoms with van der Waals surface area (Å²) in [5, 5.41) is 18.1. The van der Waals surface area contributed by atoms with Crippen LogP contribution in [0.3, 0.4) is 0 Å². The van der Waals surface area contributed by atoms with Crippen LogP contribution >= 0.6 is 23.2 Å². The van der Waals surface area contributed by atoms with Gasteiger partial charge in [-0.25, -0.2) is 9.97 Å². The van der Waals surface area contributed by atoms with E-state index < -0.39 is 5.91 Å². The van der Waals surface area contributed by atoms with Crippen molar-refractivity contribution in [2.24, 2.45) is 0 Å². The minimum absolute atomic E-state index is 0.0644. The third-order valence-electron chi connectivity index (χ3n) is 9.98. The number of fused-ring (bicyclic) bond motifs is 3. The number of aryl methyl sites for hydroxylation is 2. The predicted molar refractivity (Wildman–Crippen MR) is 236 cm³/mol. The van der Waals surface area contributed by atoms with E-state index in [0.717, 1.165) is 21.9 Å². The number of rotatable bonds is 16. The molecule has 0 spiro atoms. The van der Waals surface area contributed by atoms with Crippen molar-refractivity contribution < 1.29 is 27.9 Å². The minimum atomic E-state index is -0.394. The molecule has 0 saturated carbocycles. The van der Waals surface area contributed by atoms with Crippen LogP contribution in [0.4, 0.5) is 0 Å². The Kier molecular flexibility index (Phi) is 12.2. The van der Waals surface area contributed by atoms with Crippen molar-refractivity contribution in [3.05, 3.63) is 166 Å². The molecule has 4 aromatic carbocycles. The molecule has 0 bridgehead atoms. The molecule has 0 fully saturated rings. The number of imidazole rings is 2. The van der Waals surface area contributed by atoms with E-state index in [-0.39, 0.29) is 43.0 Å². The molecule has 4 aromatic heterocycles. The van der Waals surface area contributed by atoms with Gasteiger partial charge >= 0.3 is 0 Å². The standard InChI is InChI=1S/C46H40Cl2N8O6/c1-5-39(35(45-53-55-28(3)49-25-41(55)61-45)16-13-27(2)43(57)51-23-30-14-18-37(47)38(48)21-30)59-19-20-60-40-22-32(15-17-36(40)46-54-56-29(4)50-26-42(56)62-46)44(58)52-24-33-11-8-10-31-9-6-7-12-34(31)33/h6-18,21-22,25-26H,2,5,19-20,23-24H2,1,3-4H3,(H,51,57)(H,52,58). The third kappa shape index (κ3) is 8.97. The molecular weight excluding hydrogens is 831 g/mol. The fourth-order valence-corrected chi connectivity index (χ4v) is 7.04. The van der Waals surface area contributed by atoms with Crippen molar-refractivity contribution in [2.75, 3.05) is 13.2 Å². The third-order valence-corrected chi connectivity index (χ3v) is 10.7. The van der Waals surface area contributed by atoms with Gasteiger partial charge in [0.25, 0.3) is 11.8 Å². The van der Waals surface area contributed by atoms with E-state index in [1.807, 2.05) is 63.2 Å². The molecule has 0 radical (unpaired) electrons. The number of hydrogen-bond acceptors (Lipinski definition) is 10. The Morgan fingerprint density at radius 1 is 0.823 bits per heavy atom. The van der Waals surface area contributed by atoms with Gasteiger partial charge in [0.1, 0.15) is 36.4 Å². The molecular formula is C46H40Cl2N8O6. The number of nitrogens with zero attached hydrogens (tertiary/aromatic N) is 6. The van der Waals surface area contributed by atoms with Crippen LogP contribution in [0.5, 0.6) is 5.75 Å². The number of ether oxygens (including phenoxy) is 2. The highest BCUT2D eigenvalue weighted by Gasteiger charge is 2.20. The second-order valence-electron chi connectivity index (χ2n) is 14.1. The molecule has 14 nitrogen and oxygen atoms in total. The van der Waals surface area contributed by atoms with Gasteiger partial charge in [0.2, 0.25) is 23.2 Å². The van der Waals surface area contributed by atoms with Crippen molar-refractivity contribution in [3.8, 4) is 17.2 Å². The molecule has 314 valence electrons. The van der Waals surface area contributed by atoms with Crippen LogP contribution in [0.1, 0.15) is 52.4 Å². The lowest BCUT2D eigenvalue weighted by Crippen LogP contribution is -2.23. The van der Waals surface area contributed by atoms with Gasteiger partial charge in [0.05, 0.1) is 33.6 Å². The van der Waals surface area contributed by atoms with Crippen LogP contribution in [0.15, 0.2) is 130 Å². The number of allylic oxidation sites excluding steroid dienone is 3. The van der Waals surface area contributed by atoms with Crippen LogP contribution < -0.4 is 15.4 Å². The van der Waals surface area contributed by atoms with Crippen LogP contribution in [-0.2, 0) is 22.6 Å². The number of carbonyl (C=O) groups is 2. The first-order chi connectivity index (χ1) is 30.1. The number of hydrogen-bond donors (Lipinski definition) is 2. The number of carbonyl (C=O) groups excluding carboxylic acids is 2. The second kappa shape index (κ2) is 18.2. The van der Waals surface area contributed by atoms with Crippen molar-refractivity contribution >= 4 is 62.8 Å². The second-order valence-corrected chi connectivity index (χ2v) is 14.9. The minimum Gasteiger partial charge on any atom is -0.494 e. The Labute approximate surface area is 365 Å². The van der Waals surface area contributed by atoms with Crippen molar-refractivity contribution in [1.29, 1.82) is 0 Å². The lowest BCUT2D eigenvalue weighted by Gasteiger charge is -2.15. The fourth-order valence-electron chi connectivity index (χ4n) is 6.71. The number of halogens is 2. The summed E-state index contributed by atoms with van der Waals surface area (Å²) in [6.45, 7) is 10.2. The summed E-state index contributed by atoms with van der Waals surface area (Å²) in [6, 6.07) is 24.3. The van der Waals surface area contributed by atoms with E-state index in [9.17, 15) is 9.59 Å². The summed E-state index contributed by atoms with van der Waals surface area (Å²) in [4.78, 5) is 35.2. The first-order valence-electron chi connectivity index (χ1n) is 19.7. The summed E-state index contributed by atoms with van der Waals surface area (Å²) in [5.41, 5.74) is 4.25. The highest BCUT2D eigenvalue weighted by molar-refractivity contribution is 6.42. The summed E-state index contributed by atoms with van der Waals surface area (Å²) in [6.07, 6.45) is 6.84. The summed E-state index contributed by atoms with van der Waals surface area (Å²) < 4.78 is 28.0. The van der Waals surface area contributed by atoms with Gasteiger partial charge in [-0.1, -0.05) is 85.2 Å². The Balaban J connectivity index is 1.01. The van der Waals surface area contributed by atoms with Crippen molar-refractivity contribution in [2.45, 2.75) is 40.3 Å². The molecule has 62 heavy (non-hydrogen) atoms. The maximum Gasteiger partial charge on any atom is 0.251 e. The number of amides is 2. The fraction of sp³-hybridized carbons (Fsp3) is 0.174. The number of benzene rings is 4. The summed E-state index contributed by atoms with van der Waals surface area (Å²) in [5.74, 6) is 2.02. The zero-order chi connectivity index (χ0) is 43.3. The molecule has 0 aliphatic carbocycles. The van der Waals surface area contributed by atoms with E-state index in [4.69, 9.17) is 41.5 Å². The Morgan fingerprint density at radius 3 is 2.34 bits per heavy atom. The van der Waals surface area contributed by atoms with E-state index in [1.165, 1.54) is 0 Å². The van der Waals surface area contributed by atoms with E-state index >= 15 is 0 Å². The van der Waals surface area contributed by atoms with Gasteiger partial charge in [0, 0.05) is 30.6 Å². The largest absolute Gasteiger partial charge is 0.494 e. The highest BCUT2D eigenvalue weighted by atomic mass is 35.5. The molecule has 2 N–H and O–H groups in total. The van der Waals surface area contributed by atoms with Gasteiger partial charge in [-0.15, -0.1) is 10.2 Å². The molecule has 4 heterocycles. The van der Waals surface area contributed by atoms with Gasteiger partial charge in [0.15, 0.2) is 0 Å². The average Bonchev–Trinajstić information content (AvgIpc) is 4.07. The van der Waals surface area contributed by atoms with Gasteiger partial charge in [-0.05, 0) is 78.2 Å². The van der Waals surface area contributed by atoms with E-state index in [1.54, 1.807) is 70.0 Å². The number of aromatic nitrogens is 6. The lowest BCUT2D eigenvalue weighted by atomic mass is 10.0.